The molecule has 3 heteroatoms. The maximum absolute atomic E-state index is 12.2. The lowest BCUT2D eigenvalue weighted by Gasteiger charge is -2.12. The van der Waals surface area contributed by atoms with E-state index in [0.29, 0.717) is 23.6 Å². The van der Waals surface area contributed by atoms with Crippen LogP contribution in [0.15, 0.2) is 18.2 Å². The van der Waals surface area contributed by atoms with Gasteiger partial charge in [-0.25, -0.2) is 0 Å². The summed E-state index contributed by atoms with van der Waals surface area (Å²) in [6, 6.07) is 5.58. The largest absolute Gasteiger partial charge is 0.384 e. The number of hydrogen-bond donors (Lipinski definition) is 2. The number of carbonyl (C=O) groups is 1. The van der Waals surface area contributed by atoms with Crippen LogP contribution in [0.2, 0.25) is 0 Å². The van der Waals surface area contributed by atoms with Gasteiger partial charge in [-0.05, 0) is 49.3 Å². The number of aliphatic hydroxyl groups is 1. The highest BCUT2D eigenvalue weighted by Crippen LogP contribution is 2.36. The van der Waals surface area contributed by atoms with Crippen LogP contribution >= 0.6 is 0 Å². The molecule has 106 valence electrons. The minimum absolute atomic E-state index is 0.0836. The van der Waals surface area contributed by atoms with Crippen molar-refractivity contribution in [3.8, 4) is 11.8 Å². The van der Waals surface area contributed by atoms with E-state index in [1.165, 1.54) is 12.8 Å². The van der Waals surface area contributed by atoms with Crippen LogP contribution in [0.25, 0.3) is 0 Å². The minimum atomic E-state index is -0.201. The molecule has 0 radical (unpaired) electrons. The van der Waals surface area contributed by atoms with E-state index >= 15 is 0 Å². The van der Waals surface area contributed by atoms with Crippen molar-refractivity contribution in [3.63, 3.8) is 0 Å². The van der Waals surface area contributed by atoms with Gasteiger partial charge in [0.15, 0.2) is 0 Å². The molecule has 0 heterocycles. The lowest BCUT2D eigenvalue weighted by Crippen LogP contribution is -2.29. The minimum Gasteiger partial charge on any atom is -0.384 e. The molecule has 1 aromatic rings. The standard InChI is InChI=1S/C17H21NO2/c1-12-5-8-16(15(10-12)4-3-9-19)17(20)18-11-13(2)14-6-7-14/h5,8,10,13-14,19H,6-7,9,11H2,1-2H3,(H,18,20). The number of nitrogens with one attached hydrogen (secondary N) is 1. The summed E-state index contributed by atoms with van der Waals surface area (Å²) in [6.07, 6.45) is 2.57. The summed E-state index contributed by atoms with van der Waals surface area (Å²) < 4.78 is 0. The average molecular weight is 271 g/mol. The number of amides is 1. The van der Waals surface area contributed by atoms with Gasteiger partial charge in [0.25, 0.3) is 5.91 Å². The number of rotatable bonds is 4. The van der Waals surface area contributed by atoms with E-state index in [2.05, 4.69) is 24.1 Å². The molecule has 20 heavy (non-hydrogen) atoms. The predicted octanol–water partition coefficient (Wildman–Crippen LogP) is 2.11. The summed E-state index contributed by atoms with van der Waals surface area (Å²) in [5.41, 5.74) is 2.31. The molecule has 0 aliphatic heterocycles. The normalized spacial score (nSPS) is 15.2. The smallest absolute Gasteiger partial charge is 0.252 e. The van der Waals surface area contributed by atoms with E-state index in [1.54, 1.807) is 6.07 Å². The molecule has 1 unspecified atom stereocenters. The van der Waals surface area contributed by atoms with Crippen LogP contribution in [-0.2, 0) is 0 Å². The molecule has 1 atom stereocenters. The second-order valence-electron chi connectivity index (χ2n) is 5.53. The molecule has 1 saturated carbocycles. The Morgan fingerprint density at radius 2 is 2.25 bits per heavy atom. The zero-order valence-electron chi connectivity index (χ0n) is 12.1. The van der Waals surface area contributed by atoms with Gasteiger partial charge in [0, 0.05) is 12.1 Å². The Hall–Kier alpha value is -1.79. The van der Waals surface area contributed by atoms with Gasteiger partial charge in [0.1, 0.15) is 6.61 Å². The summed E-state index contributed by atoms with van der Waals surface area (Å²) in [5.74, 6) is 6.69. The van der Waals surface area contributed by atoms with Crippen LogP contribution < -0.4 is 5.32 Å². The Labute approximate surface area is 120 Å². The van der Waals surface area contributed by atoms with Gasteiger partial charge in [0.05, 0.1) is 5.56 Å². The van der Waals surface area contributed by atoms with Crippen molar-refractivity contribution in [1.29, 1.82) is 0 Å². The van der Waals surface area contributed by atoms with Crippen molar-refractivity contribution < 1.29 is 9.90 Å². The van der Waals surface area contributed by atoms with Gasteiger partial charge >= 0.3 is 0 Å². The molecule has 2 N–H and O–H groups in total. The lowest BCUT2D eigenvalue weighted by molar-refractivity contribution is 0.0946. The molecule has 0 bridgehead atoms. The van der Waals surface area contributed by atoms with Gasteiger partial charge in [0.2, 0.25) is 0 Å². The fraction of sp³-hybridized carbons (Fsp3) is 0.471. The van der Waals surface area contributed by atoms with Crippen molar-refractivity contribution in [2.45, 2.75) is 26.7 Å². The maximum atomic E-state index is 12.2. The highest BCUT2D eigenvalue weighted by molar-refractivity contribution is 5.96. The van der Waals surface area contributed by atoms with Crippen molar-refractivity contribution in [2.75, 3.05) is 13.2 Å². The summed E-state index contributed by atoms with van der Waals surface area (Å²) in [5, 5.41) is 11.8. The predicted molar refractivity (Wildman–Crippen MR) is 79.4 cm³/mol. The highest BCUT2D eigenvalue weighted by atomic mass is 16.2. The van der Waals surface area contributed by atoms with Crippen molar-refractivity contribution in [3.05, 3.63) is 34.9 Å². The molecular formula is C17H21NO2. The van der Waals surface area contributed by atoms with Crippen molar-refractivity contribution in [2.24, 2.45) is 11.8 Å². The second-order valence-corrected chi connectivity index (χ2v) is 5.53. The molecule has 3 nitrogen and oxygen atoms in total. The number of carbonyl (C=O) groups excluding carboxylic acids is 1. The summed E-state index contributed by atoms with van der Waals surface area (Å²) >= 11 is 0. The Kier molecular flexibility index (Phi) is 4.81. The third-order valence-electron chi connectivity index (χ3n) is 3.73. The van der Waals surface area contributed by atoms with Gasteiger partial charge < -0.3 is 10.4 Å². The zero-order chi connectivity index (χ0) is 14.5. The van der Waals surface area contributed by atoms with E-state index in [1.807, 2.05) is 19.1 Å². The Bertz CT molecular complexity index is 550. The van der Waals surface area contributed by atoms with Gasteiger partial charge in [-0.15, -0.1) is 0 Å². The van der Waals surface area contributed by atoms with Crippen LogP contribution in [0.5, 0.6) is 0 Å². The van der Waals surface area contributed by atoms with Crippen molar-refractivity contribution in [1.82, 2.24) is 5.32 Å². The maximum Gasteiger partial charge on any atom is 0.252 e. The number of aryl methyl sites for hydroxylation is 1. The van der Waals surface area contributed by atoms with E-state index < -0.39 is 0 Å². The summed E-state index contributed by atoms with van der Waals surface area (Å²) in [4.78, 5) is 12.2. The molecule has 1 aliphatic rings. The first-order chi connectivity index (χ1) is 9.61. The second kappa shape index (κ2) is 6.58. The molecule has 0 aromatic heterocycles. The first-order valence-corrected chi connectivity index (χ1v) is 7.10. The van der Waals surface area contributed by atoms with Gasteiger partial charge in [-0.1, -0.05) is 24.8 Å². The highest BCUT2D eigenvalue weighted by Gasteiger charge is 2.28. The van der Waals surface area contributed by atoms with Gasteiger partial charge in [-0.3, -0.25) is 4.79 Å². The Morgan fingerprint density at radius 3 is 2.90 bits per heavy atom. The van der Waals surface area contributed by atoms with E-state index in [-0.39, 0.29) is 12.5 Å². The number of benzene rings is 1. The van der Waals surface area contributed by atoms with Crippen LogP contribution in [0.4, 0.5) is 0 Å². The zero-order valence-corrected chi connectivity index (χ0v) is 12.1. The average Bonchev–Trinajstić information content (AvgIpc) is 3.26. The Morgan fingerprint density at radius 1 is 1.50 bits per heavy atom. The van der Waals surface area contributed by atoms with Gasteiger partial charge in [-0.2, -0.15) is 0 Å². The molecule has 1 fully saturated rings. The van der Waals surface area contributed by atoms with Crippen LogP contribution in [0.3, 0.4) is 0 Å². The van der Waals surface area contributed by atoms with E-state index in [0.717, 1.165) is 11.5 Å². The lowest BCUT2D eigenvalue weighted by atomic mass is 10.0. The third-order valence-corrected chi connectivity index (χ3v) is 3.73. The quantitative estimate of drug-likeness (QED) is 0.824. The van der Waals surface area contributed by atoms with Crippen molar-refractivity contribution >= 4 is 5.91 Å². The first-order valence-electron chi connectivity index (χ1n) is 7.10. The molecule has 1 amide bonds. The molecule has 2 rings (SSSR count). The van der Waals surface area contributed by atoms with Crippen LogP contribution in [0.1, 0.15) is 41.3 Å². The summed E-state index contributed by atoms with van der Waals surface area (Å²) in [6.45, 7) is 4.65. The van der Waals surface area contributed by atoms with E-state index in [9.17, 15) is 4.79 Å². The van der Waals surface area contributed by atoms with Crippen LogP contribution in [0, 0.1) is 30.6 Å². The summed E-state index contributed by atoms with van der Waals surface area (Å²) in [7, 11) is 0. The number of aliphatic hydroxyl groups excluding tert-OH is 1. The molecular weight excluding hydrogens is 250 g/mol. The number of hydrogen-bond acceptors (Lipinski definition) is 2. The van der Waals surface area contributed by atoms with E-state index in [4.69, 9.17) is 5.11 Å². The monoisotopic (exact) mass is 271 g/mol. The molecule has 1 aliphatic carbocycles. The topological polar surface area (TPSA) is 49.3 Å². The Balaban J connectivity index is 2.07. The molecule has 0 spiro atoms. The fourth-order valence-electron chi connectivity index (χ4n) is 2.28. The molecule has 1 aromatic carbocycles. The first kappa shape index (κ1) is 14.6. The SMILES string of the molecule is Cc1ccc(C(=O)NCC(C)C2CC2)c(C#CCO)c1. The van der Waals surface area contributed by atoms with Crippen LogP contribution in [-0.4, -0.2) is 24.2 Å². The fourth-order valence-corrected chi connectivity index (χ4v) is 2.28. The third kappa shape index (κ3) is 3.85. The molecule has 0 saturated heterocycles.